The van der Waals surface area contributed by atoms with Crippen LogP contribution in [0.4, 0.5) is 10.1 Å². The third kappa shape index (κ3) is 5.08. The fourth-order valence-electron chi connectivity index (χ4n) is 4.26. The van der Waals surface area contributed by atoms with Gasteiger partial charge in [-0.25, -0.2) is 4.39 Å². The van der Waals surface area contributed by atoms with Crippen LogP contribution in [0.1, 0.15) is 11.6 Å². The van der Waals surface area contributed by atoms with Crippen molar-refractivity contribution >= 4 is 17.6 Å². The van der Waals surface area contributed by atoms with Crippen LogP contribution in [0, 0.1) is 5.82 Å². The van der Waals surface area contributed by atoms with Gasteiger partial charge < -0.3 is 19.9 Å². The smallest absolute Gasteiger partial charge is 0.246 e. The molecule has 1 aromatic heterocycles. The van der Waals surface area contributed by atoms with E-state index in [0.29, 0.717) is 38.8 Å². The van der Waals surface area contributed by atoms with Gasteiger partial charge in [0.15, 0.2) is 5.96 Å². The molecule has 2 aromatic rings. The van der Waals surface area contributed by atoms with E-state index >= 15 is 0 Å². The summed E-state index contributed by atoms with van der Waals surface area (Å²) in [4.78, 5) is 23.2. The molecule has 10 heteroatoms. The van der Waals surface area contributed by atoms with E-state index in [4.69, 9.17) is 4.74 Å². The number of ether oxygens (including phenoxy) is 1. The predicted molar refractivity (Wildman–Crippen MR) is 120 cm³/mol. The van der Waals surface area contributed by atoms with Gasteiger partial charge in [-0.1, -0.05) is 12.1 Å². The summed E-state index contributed by atoms with van der Waals surface area (Å²) in [6, 6.07) is 6.70. The number of benzene rings is 1. The van der Waals surface area contributed by atoms with Crippen molar-refractivity contribution in [1.82, 2.24) is 24.9 Å². The normalized spacial score (nSPS) is 19.3. The number of aliphatic imine (C=N–C) groups is 1. The highest BCUT2D eigenvalue weighted by Crippen LogP contribution is 2.22. The predicted octanol–water partition coefficient (Wildman–Crippen LogP) is 0.857. The molecule has 9 nitrogen and oxygen atoms in total. The molecule has 2 aliphatic heterocycles. The zero-order valence-corrected chi connectivity index (χ0v) is 18.6. The molecule has 172 valence electrons. The van der Waals surface area contributed by atoms with Gasteiger partial charge in [0.25, 0.3) is 0 Å². The van der Waals surface area contributed by atoms with Gasteiger partial charge in [0.2, 0.25) is 5.91 Å². The first-order valence-electron chi connectivity index (χ1n) is 10.9. The van der Waals surface area contributed by atoms with Crippen LogP contribution in [-0.4, -0.2) is 91.0 Å². The largest absolute Gasteiger partial charge is 0.379 e. The molecule has 2 fully saturated rings. The minimum Gasteiger partial charge on any atom is -0.379 e. The lowest BCUT2D eigenvalue weighted by atomic mass is 10.0. The van der Waals surface area contributed by atoms with Crippen molar-refractivity contribution in [1.29, 1.82) is 0 Å². The summed E-state index contributed by atoms with van der Waals surface area (Å²) in [5.74, 6) is 0.420. The van der Waals surface area contributed by atoms with Crippen LogP contribution in [0.25, 0.3) is 0 Å². The van der Waals surface area contributed by atoms with E-state index in [1.807, 2.05) is 24.2 Å². The number of carbonyl (C=O) groups excluding carboxylic acids is 1. The van der Waals surface area contributed by atoms with Gasteiger partial charge in [0.1, 0.15) is 12.4 Å². The molecule has 4 rings (SSSR count). The van der Waals surface area contributed by atoms with Crippen molar-refractivity contribution < 1.29 is 13.9 Å². The summed E-state index contributed by atoms with van der Waals surface area (Å²) >= 11 is 0. The van der Waals surface area contributed by atoms with Crippen molar-refractivity contribution in [2.75, 3.05) is 64.4 Å². The van der Waals surface area contributed by atoms with Crippen LogP contribution >= 0.6 is 0 Å². The van der Waals surface area contributed by atoms with Gasteiger partial charge in [-0.05, 0) is 17.7 Å². The SMILES string of the molecule is CN=C(NCC(c1cccc(F)c1)N1CCOCC1)N1CCN(c2cnn(C)c2)C(=O)C1. The molecule has 1 unspecified atom stereocenters. The average Bonchev–Trinajstić information content (AvgIpc) is 3.23. The Hall–Kier alpha value is -2.98. The Kier molecular flexibility index (Phi) is 7.01. The maximum absolute atomic E-state index is 13.9. The number of aromatic nitrogens is 2. The van der Waals surface area contributed by atoms with Crippen molar-refractivity contribution in [3.05, 3.63) is 48.0 Å². The molecule has 2 aliphatic rings. The number of anilines is 1. The summed E-state index contributed by atoms with van der Waals surface area (Å²) in [5.41, 5.74) is 1.71. The maximum Gasteiger partial charge on any atom is 0.246 e. The number of piperazine rings is 1. The second kappa shape index (κ2) is 10.1. The first-order valence-corrected chi connectivity index (χ1v) is 10.9. The molecule has 1 atom stereocenters. The number of aryl methyl sites for hydroxylation is 1. The fourth-order valence-corrected chi connectivity index (χ4v) is 4.26. The number of hydrogen-bond donors (Lipinski definition) is 1. The molecule has 1 N–H and O–H groups in total. The monoisotopic (exact) mass is 443 g/mol. The van der Waals surface area contributed by atoms with Crippen LogP contribution < -0.4 is 10.2 Å². The lowest BCUT2D eigenvalue weighted by Crippen LogP contribution is -2.56. The number of hydrogen-bond acceptors (Lipinski definition) is 5. The van der Waals surface area contributed by atoms with Gasteiger partial charge >= 0.3 is 0 Å². The Bertz CT molecular complexity index is 957. The van der Waals surface area contributed by atoms with E-state index in [2.05, 4.69) is 20.3 Å². The zero-order valence-electron chi connectivity index (χ0n) is 18.6. The Morgan fingerprint density at radius 1 is 1.28 bits per heavy atom. The van der Waals surface area contributed by atoms with E-state index in [9.17, 15) is 9.18 Å². The second-order valence-corrected chi connectivity index (χ2v) is 7.99. The molecule has 0 aliphatic carbocycles. The standard InChI is InChI=1S/C22H30FN7O2/c1-24-22(29-6-7-30(21(31)16-29)19-13-26-27(2)15-19)25-14-20(28-8-10-32-11-9-28)17-4-3-5-18(23)12-17/h3-5,12-13,15,20H,6-11,14,16H2,1-2H3,(H,24,25). The molecule has 1 amide bonds. The van der Waals surface area contributed by atoms with Crippen LogP contribution in [0.3, 0.4) is 0 Å². The van der Waals surface area contributed by atoms with Crippen molar-refractivity contribution in [2.45, 2.75) is 6.04 Å². The minimum absolute atomic E-state index is 0.00191. The number of amides is 1. The molecule has 3 heterocycles. The maximum atomic E-state index is 13.9. The Morgan fingerprint density at radius 3 is 2.75 bits per heavy atom. The fraction of sp³-hybridized carbons (Fsp3) is 0.500. The number of guanidine groups is 1. The van der Waals surface area contributed by atoms with Crippen molar-refractivity contribution in [3.63, 3.8) is 0 Å². The molecule has 2 saturated heterocycles. The number of halogens is 1. The van der Waals surface area contributed by atoms with Gasteiger partial charge in [-0.3, -0.25) is 19.4 Å². The topological polar surface area (TPSA) is 78.2 Å². The van der Waals surface area contributed by atoms with Gasteiger partial charge in [-0.15, -0.1) is 0 Å². The van der Waals surface area contributed by atoms with Gasteiger partial charge in [-0.2, -0.15) is 5.10 Å². The Labute approximate surface area is 187 Å². The highest BCUT2D eigenvalue weighted by molar-refractivity contribution is 5.98. The zero-order chi connectivity index (χ0) is 22.5. The highest BCUT2D eigenvalue weighted by atomic mass is 19.1. The number of carbonyl (C=O) groups is 1. The molecule has 0 radical (unpaired) electrons. The summed E-state index contributed by atoms with van der Waals surface area (Å²) in [6.07, 6.45) is 3.54. The summed E-state index contributed by atoms with van der Waals surface area (Å²) in [6.45, 7) is 4.87. The third-order valence-electron chi connectivity index (χ3n) is 5.91. The molecule has 1 aromatic carbocycles. The number of morpholine rings is 1. The Morgan fingerprint density at radius 2 is 2.09 bits per heavy atom. The molecule has 0 spiro atoms. The van der Waals surface area contributed by atoms with Crippen molar-refractivity contribution in [2.24, 2.45) is 12.0 Å². The number of rotatable bonds is 5. The van der Waals surface area contributed by atoms with E-state index in [1.165, 1.54) is 6.07 Å². The van der Waals surface area contributed by atoms with Crippen LogP contribution in [0.5, 0.6) is 0 Å². The summed E-state index contributed by atoms with van der Waals surface area (Å²) in [7, 11) is 3.55. The van der Waals surface area contributed by atoms with E-state index < -0.39 is 0 Å². The quantitative estimate of drug-likeness (QED) is 0.546. The first-order chi connectivity index (χ1) is 15.5. The van der Waals surface area contributed by atoms with E-state index in [1.54, 1.807) is 35.0 Å². The summed E-state index contributed by atoms with van der Waals surface area (Å²) in [5, 5.41) is 7.58. The van der Waals surface area contributed by atoms with Gasteiger partial charge in [0.05, 0.1) is 31.1 Å². The number of nitrogens with zero attached hydrogens (tertiary/aromatic N) is 6. The molecule has 0 saturated carbocycles. The first kappa shape index (κ1) is 22.2. The second-order valence-electron chi connectivity index (χ2n) is 7.99. The average molecular weight is 444 g/mol. The molecule has 0 bridgehead atoms. The summed E-state index contributed by atoms with van der Waals surface area (Å²) < 4.78 is 21.1. The third-order valence-corrected chi connectivity index (χ3v) is 5.91. The number of nitrogens with one attached hydrogen (secondary N) is 1. The van der Waals surface area contributed by atoms with Crippen LogP contribution in [0.15, 0.2) is 41.7 Å². The van der Waals surface area contributed by atoms with E-state index in [-0.39, 0.29) is 24.3 Å². The minimum atomic E-state index is -0.248. The molecule has 32 heavy (non-hydrogen) atoms. The lowest BCUT2D eigenvalue weighted by Gasteiger charge is -2.38. The molecular weight excluding hydrogens is 413 g/mol. The van der Waals surface area contributed by atoms with Crippen LogP contribution in [-0.2, 0) is 16.6 Å². The Balaban J connectivity index is 1.42. The van der Waals surface area contributed by atoms with Crippen LogP contribution in [0.2, 0.25) is 0 Å². The molecular formula is C22H30FN7O2. The van der Waals surface area contributed by atoms with E-state index in [0.717, 1.165) is 24.3 Å². The lowest BCUT2D eigenvalue weighted by molar-refractivity contribution is -0.120. The highest BCUT2D eigenvalue weighted by Gasteiger charge is 2.29. The van der Waals surface area contributed by atoms with Gasteiger partial charge in [0, 0.05) is 53.0 Å². The van der Waals surface area contributed by atoms with Crippen molar-refractivity contribution in [3.8, 4) is 0 Å².